The van der Waals surface area contributed by atoms with Crippen LogP contribution in [0.1, 0.15) is 121 Å². The van der Waals surface area contributed by atoms with Crippen molar-refractivity contribution in [2.75, 3.05) is 51.4 Å². The first-order valence-electron chi connectivity index (χ1n) is 26.3. The molecule has 4 aliphatic rings. The van der Waals surface area contributed by atoms with Crippen molar-refractivity contribution in [3.8, 4) is 36.0 Å². The Balaban J connectivity index is 0.000000198. The van der Waals surface area contributed by atoms with E-state index in [9.17, 15) is 28.8 Å². The molecule has 2 aliphatic carbocycles. The number of carbonyl (C=O) groups excluding carboxylic acids is 6. The van der Waals surface area contributed by atoms with E-state index in [-0.39, 0.29) is 78.9 Å². The average molecular weight is 1130 g/mol. The summed E-state index contributed by atoms with van der Waals surface area (Å²) in [5.74, 6) is 14.0. The van der Waals surface area contributed by atoms with E-state index in [1.807, 2.05) is 82.4 Å². The summed E-state index contributed by atoms with van der Waals surface area (Å²) in [5.41, 5.74) is 12.3. The lowest BCUT2D eigenvalue weighted by Crippen LogP contribution is -2.34. The topological polar surface area (TPSA) is 244 Å². The van der Waals surface area contributed by atoms with Crippen LogP contribution >= 0.6 is 12.4 Å². The zero-order valence-electron chi connectivity index (χ0n) is 47.1. The fourth-order valence-corrected chi connectivity index (χ4v) is 9.09. The fraction of sp³-hybridized carbons (Fsp3) is 0.323. The summed E-state index contributed by atoms with van der Waals surface area (Å²) in [5, 5.41) is 18.4. The number of H-pyrrole nitrogens is 2. The van der Waals surface area contributed by atoms with Crippen LogP contribution in [-0.4, -0.2) is 120 Å². The number of terminal acetylenes is 1. The number of aromatic nitrogens is 2. The number of halogens is 1. The molecule has 6 amide bonds. The molecule has 0 bridgehead atoms. The minimum absolute atomic E-state index is 0. The molecular formula is C62H66ClN11O8. The Kier molecular flexibility index (Phi) is 19.0. The highest BCUT2D eigenvalue weighted by atomic mass is 35.5. The van der Waals surface area contributed by atoms with Crippen LogP contribution in [0.2, 0.25) is 0 Å². The van der Waals surface area contributed by atoms with E-state index >= 15 is 0 Å². The first kappa shape index (κ1) is 60.3. The molecule has 2 aliphatic heterocycles. The van der Waals surface area contributed by atoms with Crippen LogP contribution < -0.4 is 26.8 Å². The van der Waals surface area contributed by atoms with Gasteiger partial charge in [0.15, 0.2) is 0 Å². The number of hydrazone groups is 2. The van der Waals surface area contributed by atoms with Gasteiger partial charge in [-0.05, 0) is 121 Å². The molecule has 20 heteroatoms. The fourth-order valence-electron chi connectivity index (χ4n) is 9.09. The van der Waals surface area contributed by atoms with Crippen LogP contribution in [0, 0.1) is 47.9 Å². The minimum Gasteiger partial charge on any atom is -0.444 e. The molecule has 0 radical (unpaired) electrons. The molecular weight excluding hydrogens is 1060 g/mol. The second-order valence-electron chi connectivity index (χ2n) is 21.8. The Morgan fingerprint density at radius 3 is 1.46 bits per heavy atom. The third-order valence-corrected chi connectivity index (χ3v) is 13.1. The third kappa shape index (κ3) is 15.1. The number of hydrogen-bond acceptors (Lipinski definition) is 11. The van der Waals surface area contributed by atoms with E-state index in [0.29, 0.717) is 56.9 Å². The summed E-state index contributed by atoms with van der Waals surface area (Å²) in [4.78, 5) is 83.8. The number of benzene rings is 4. The highest BCUT2D eigenvalue weighted by Gasteiger charge is 2.45. The van der Waals surface area contributed by atoms with Gasteiger partial charge in [-0.1, -0.05) is 78.4 Å². The van der Waals surface area contributed by atoms with E-state index in [1.165, 1.54) is 15.4 Å². The molecule has 0 unspecified atom stereocenters. The number of nitrogens with one attached hydrogen (secondary N) is 7. The van der Waals surface area contributed by atoms with Crippen LogP contribution in [0.15, 0.2) is 95.1 Å². The van der Waals surface area contributed by atoms with Gasteiger partial charge < -0.3 is 45.2 Å². The van der Waals surface area contributed by atoms with Crippen LogP contribution in [0.4, 0.5) is 21.0 Å². The van der Waals surface area contributed by atoms with Gasteiger partial charge in [-0.3, -0.25) is 19.2 Å². The monoisotopic (exact) mass is 1130 g/mol. The van der Waals surface area contributed by atoms with Crippen molar-refractivity contribution in [3.63, 3.8) is 0 Å². The van der Waals surface area contributed by atoms with E-state index in [0.717, 1.165) is 34.9 Å². The predicted octanol–water partition coefficient (Wildman–Crippen LogP) is 8.67. The van der Waals surface area contributed by atoms with Gasteiger partial charge in [0, 0.05) is 70.2 Å². The smallest absolute Gasteiger partial charge is 0.410 e. The zero-order valence-corrected chi connectivity index (χ0v) is 47.9. The lowest BCUT2D eigenvalue weighted by atomic mass is 10.0. The van der Waals surface area contributed by atoms with Gasteiger partial charge in [0.1, 0.15) is 11.2 Å². The number of carbonyl (C=O) groups is 6. The summed E-state index contributed by atoms with van der Waals surface area (Å²) >= 11 is 0. The van der Waals surface area contributed by atoms with Crippen molar-refractivity contribution >= 4 is 93.8 Å². The molecule has 2 saturated carbocycles. The number of hydrogen-bond donors (Lipinski definition) is 7. The van der Waals surface area contributed by atoms with Crippen LogP contribution in [0.25, 0.3) is 21.8 Å². The molecule has 0 spiro atoms. The van der Waals surface area contributed by atoms with Crippen molar-refractivity contribution in [2.45, 2.75) is 77.4 Å². The Bertz CT molecular complexity index is 3660. The number of anilines is 2. The lowest BCUT2D eigenvalue weighted by Gasteiger charge is -2.23. The Morgan fingerprint density at radius 2 is 1.06 bits per heavy atom. The number of amides is 6. The third-order valence-electron chi connectivity index (χ3n) is 13.1. The predicted molar refractivity (Wildman–Crippen MR) is 320 cm³/mol. The molecule has 7 N–H and O–H groups in total. The average Bonchev–Trinajstić information content (AvgIpc) is 4.55. The maximum Gasteiger partial charge on any atom is 0.410 e. The number of nitrogens with zero attached hydrogens (tertiary/aromatic N) is 4. The van der Waals surface area contributed by atoms with E-state index < -0.39 is 17.3 Å². The molecule has 0 saturated heterocycles. The molecule has 19 nitrogen and oxygen atoms in total. The summed E-state index contributed by atoms with van der Waals surface area (Å²) in [6.45, 7) is 11.8. The van der Waals surface area contributed by atoms with Gasteiger partial charge in [-0.2, -0.15) is 10.2 Å². The van der Waals surface area contributed by atoms with Crippen LogP contribution in [0.5, 0.6) is 0 Å². The van der Waals surface area contributed by atoms with Gasteiger partial charge in [-0.15, -0.1) is 18.8 Å². The van der Waals surface area contributed by atoms with Crippen LogP contribution in [-0.2, 0) is 19.1 Å². The van der Waals surface area contributed by atoms with Crippen molar-refractivity contribution in [3.05, 3.63) is 130 Å². The molecule has 2 fully saturated rings. The van der Waals surface area contributed by atoms with Crippen LogP contribution in [0.3, 0.4) is 0 Å². The van der Waals surface area contributed by atoms with Gasteiger partial charge >= 0.3 is 12.2 Å². The van der Waals surface area contributed by atoms with E-state index in [2.05, 4.69) is 88.7 Å². The van der Waals surface area contributed by atoms with Crippen molar-refractivity contribution < 1.29 is 38.2 Å². The summed E-state index contributed by atoms with van der Waals surface area (Å²) in [6.07, 6.45) is 8.95. The SMILES string of the molecule is C#CCN(C)C(=O)OC(C)(C)C.CN(CC#Cc1[nH]c2cc(NC(=O)[C@@H]3C[C@H]3c3ccccc3)cc3c2c1C=NNC3=O)C(=O)OC(C)(C)C.CNCC#Cc1[nH]c2cc(NC(=O)[C@@H]3C[C@H]3c3ccccc3)cc3c2c1C=NNC3=O.Cl. The van der Waals surface area contributed by atoms with E-state index in [4.69, 9.17) is 15.9 Å². The summed E-state index contributed by atoms with van der Waals surface area (Å²) in [6, 6.07) is 27.1. The molecule has 4 heterocycles. The maximum absolute atomic E-state index is 13.0. The van der Waals surface area contributed by atoms with E-state index in [1.54, 1.807) is 65.5 Å². The highest BCUT2D eigenvalue weighted by Crippen LogP contribution is 2.49. The minimum atomic E-state index is -0.597. The zero-order chi connectivity index (χ0) is 58.2. The first-order valence-corrected chi connectivity index (χ1v) is 26.3. The van der Waals surface area contributed by atoms with Crippen molar-refractivity contribution in [1.82, 2.24) is 35.9 Å². The van der Waals surface area contributed by atoms with Gasteiger partial charge in [-0.25, -0.2) is 20.4 Å². The first-order chi connectivity index (χ1) is 38.6. The van der Waals surface area contributed by atoms with Gasteiger partial charge in [0.05, 0.1) is 54.6 Å². The Labute approximate surface area is 482 Å². The quantitative estimate of drug-likeness (QED) is 0.0684. The molecule has 4 aromatic carbocycles. The van der Waals surface area contributed by atoms with Crippen molar-refractivity contribution in [2.24, 2.45) is 22.0 Å². The normalized spacial score (nSPS) is 16.7. The Morgan fingerprint density at radius 1 is 0.646 bits per heavy atom. The number of aromatic amines is 2. The Hall–Kier alpha value is -9.35. The molecule has 10 rings (SSSR count). The largest absolute Gasteiger partial charge is 0.444 e. The number of ether oxygens (including phenoxy) is 2. The highest BCUT2D eigenvalue weighted by molar-refractivity contribution is 6.18. The summed E-state index contributed by atoms with van der Waals surface area (Å²) in [7, 11) is 5.05. The standard InChI is InChI=1S/C29H29N5O4.C24H21N5O2.C9H15NO2.ClH/c1-29(2,3)38-28(37)34(4)12-8-11-23-22-16-30-33-27(36)21-13-18(14-24(32-23)25(21)22)31-26(35)20-15-19(20)17-9-6-5-7-10-17;1-25-9-5-8-20-19-13-26-29-24(31)18-10-15(11-21(28-20)22(18)19)27-23(30)17-12-16(17)14-6-3-2-4-7-14;1-6-7-10(5)8(11)12-9(2,3)4;/h5-7,9-10,13-14,16,19-20,32H,12,15H2,1-4H3,(H,31,35)(H,33,36);2-4,6-7,10-11,13,16-17,25,28H,9,12H2,1H3,(H,27,30)(H,29,31);1H,7H2,2-5H3;1H/t19-,20+;16-,17+;;/m00../s1. The second-order valence-corrected chi connectivity index (χ2v) is 21.8. The molecule has 4 atom stereocenters. The molecule has 424 valence electrons. The summed E-state index contributed by atoms with van der Waals surface area (Å²) < 4.78 is 10.4. The molecule has 2 aromatic heterocycles. The molecule has 6 aromatic rings. The second kappa shape index (κ2) is 25.8. The molecule has 82 heavy (non-hydrogen) atoms. The van der Waals surface area contributed by atoms with Gasteiger partial charge in [0.2, 0.25) is 11.8 Å². The number of rotatable bonds is 9. The lowest BCUT2D eigenvalue weighted by molar-refractivity contribution is -0.118. The maximum atomic E-state index is 13.0. The van der Waals surface area contributed by atoms with Gasteiger partial charge in [0.25, 0.3) is 11.8 Å². The van der Waals surface area contributed by atoms with Crippen molar-refractivity contribution in [1.29, 1.82) is 0 Å².